The van der Waals surface area contributed by atoms with Crippen LogP contribution in [0.2, 0.25) is 0 Å². The predicted octanol–water partition coefficient (Wildman–Crippen LogP) is 5.22. The Balaban J connectivity index is 2.05. The van der Waals surface area contributed by atoms with E-state index in [1.807, 2.05) is 43.3 Å². The average Bonchev–Trinajstić information content (AvgIpc) is 2.79. The molecule has 0 spiro atoms. The van der Waals surface area contributed by atoms with Gasteiger partial charge >= 0.3 is 7.12 Å². The largest absolute Gasteiger partial charge is 0.494 e. The van der Waals surface area contributed by atoms with Gasteiger partial charge in [0.15, 0.2) is 0 Å². The summed E-state index contributed by atoms with van der Waals surface area (Å²) in [6, 6.07) is 18.4. The van der Waals surface area contributed by atoms with Crippen molar-refractivity contribution in [3.8, 4) is 6.07 Å². The molecular weight excluding hydrogens is 385 g/mol. The van der Waals surface area contributed by atoms with Crippen LogP contribution in [-0.2, 0) is 9.31 Å². The number of nitrogens with zero attached hydrogens (tertiary/aromatic N) is 2. The zero-order chi connectivity index (χ0) is 22.4. The Morgan fingerprint density at radius 1 is 1.16 bits per heavy atom. The lowest BCUT2D eigenvalue weighted by Gasteiger charge is -2.28. The molecule has 0 bridgehead atoms. The molecule has 31 heavy (non-hydrogen) atoms. The minimum atomic E-state index is -0.491. The van der Waals surface area contributed by atoms with Crippen molar-refractivity contribution >= 4 is 29.2 Å². The molecule has 5 nitrogen and oxygen atoms in total. The molecule has 0 aliphatic heterocycles. The highest BCUT2D eigenvalue weighted by Crippen LogP contribution is 2.29. The monoisotopic (exact) mass is 415 g/mol. The minimum absolute atomic E-state index is 0.0283. The van der Waals surface area contributed by atoms with Gasteiger partial charge < -0.3 is 14.6 Å². The van der Waals surface area contributed by atoms with Gasteiger partial charge in [-0.15, -0.1) is 0 Å². The van der Waals surface area contributed by atoms with E-state index in [0.29, 0.717) is 12.2 Å². The molecule has 0 saturated heterocycles. The zero-order valence-electron chi connectivity index (χ0n) is 19.0. The summed E-state index contributed by atoms with van der Waals surface area (Å²) < 4.78 is 12.2. The number of hydrogen-bond acceptors (Lipinski definition) is 5. The number of benzene rings is 2. The molecule has 0 fully saturated rings. The fourth-order valence-electron chi connectivity index (χ4n) is 3.36. The summed E-state index contributed by atoms with van der Waals surface area (Å²) in [4.78, 5) is 4.49. The van der Waals surface area contributed by atoms with Gasteiger partial charge in [-0.1, -0.05) is 49.4 Å². The van der Waals surface area contributed by atoms with Crippen LogP contribution in [0.1, 0.15) is 58.2 Å². The van der Waals surface area contributed by atoms with Gasteiger partial charge in [0.25, 0.3) is 0 Å². The number of fused-ring (bicyclic) bond motifs is 1. The maximum atomic E-state index is 9.73. The van der Waals surface area contributed by atoms with Gasteiger partial charge in [-0.2, -0.15) is 5.26 Å². The number of nitrogens with one attached hydrogen (secondary N) is 1. The Morgan fingerprint density at radius 3 is 2.55 bits per heavy atom. The third-order valence-electron chi connectivity index (χ3n) is 5.54. The second-order valence-electron chi connectivity index (χ2n) is 8.23. The van der Waals surface area contributed by atoms with Crippen LogP contribution in [-0.4, -0.2) is 24.3 Å². The molecular formula is C25H30BN3O2. The molecule has 2 aromatic carbocycles. The first kappa shape index (κ1) is 22.8. The SMILES string of the molecule is CCOB(OC(C)(C)CC)c1ccc2ncc(C#N)c(NC(C)c3ccccc3)c2c1. The molecule has 0 saturated carbocycles. The van der Waals surface area contributed by atoms with Crippen LogP contribution in [0.5, 0.6) is 0 Å². The van der Waals surface area contributed by atoms with Crippen molar-refractivity contribution in [2.75, 3.05) is 11.9 Å². The molecule has 0 aliphatic carbocycles. The molecule has 3 aromatic rings. The zero-order valence-corrected chi connectivity index (χ0v) is 19.0. The fourth-order valence-corrected chi connectivity index (χ4v) is 3.36. The summed E-state index contributed by atoms with van der Waals surface area (Å²) in [5.41, 5.74) is 3.84. The van der Waals surface area contributed by atoms with Gasteiger partial charge in [-0.05, 0) is 51.2 Å². The maximum Gasteiger partial charge on any atom is 0.494 e. The van der Waals surface area contributed by atoms with Crippen molar-refractivity contribution in [3.63, 3.8) is 0 Å². The van der Waals surface area contributed by atoms with Crippen molar-refractivity contribution in [1.82, 2.24) is 4.98 Å². The number of hydrogen-bond donors (Lipinski definition) is 1. The molecule has 1 heterocycles. The second-order valence-corrected chi connectivity index (χ2v) is 8.23. The Bertz CT molecular complexity index is 1060. The number of rotatable bonds is 9. The van der Waals surface area contributed by atoms with E-state index < -0.39 is 7.12 Å². The second kappa shape index (κ2) is 9.95. The van der Waals surface area contributed by atoms with Crippen LogP contribution in [0.4, 0.5) is 5.69 Å². The molecule has 1 unspecified atom stereocenters. The molecule has 0 radical (unpaired) electrons. The Morgan fingerprint density at radius 2 is 1.90 bits per heavy atom. The third-order valence-corrected chi connectivity index (χ3v) is 5.54. The standard InChI is InChI=1S/C25H30BN3O2/c1-6-25(4,5)31-26(30-7-2)21-13-14-23-22(15-21)24(20(16-27)17-28-23)29-18(3)19-11-9-8-10-12-19/h8-15,17-18H,6-7H2,1-5H3,(H,28,29). The van der Waals surface area contributed by atoms with E-state index in [2.05, 4.69) is 56.2 Å². The fraction of sp³-hybridized carbons (Fsp3) is 0.360. The number of pyridine rings is 1. The minimum Gasteiger partial charge on any atom is -0.408 e. The molecule has 1 aromatic heterocycles. The summed E-state index contributed by atoms with van der Waals surface area (Å²) >= 11 is 0. The average molecular weight is 415 g/mol. The van der Waals surface area contributed by atoms with Gasteiger partial charge in [-0.3, -0.25) is 4.98 Å². The van der Waals surface area contributed by atoms with E-state index in [0.717, 1.165) is 34.0 Å². The van der Waals surface area contributed by atoms with E-state index in [1.165, 1.54) is 0 Å². The van der Waals surface area contributed by atoms with Crippen LogP contribution < -0.4 is 10.8 Å². The van der Waals surface area contributed by atoms with Crippen molar-refractivity contribution in [1.29, 1.82) is 5.26 Å². The van der Waals surface area contributed by atoms with Gasteiger partial charge in [0, 0.05) is 29.8 Å². The smallest absolute Gasteiger partial charge is 0.408 e. The third kappa shape index (κ3) is 5.44. The highest BCUT2D eigenvalue weighted by atomic mass is 16.6. The van der Waals surface area contributed by atoms with E-state index in [9.17, 15) is 5.26 Å². The summed E-state index contributed by atoms with van der Waals surface area (Å²) in [6.45, 7) is 10.8. The van der Waals surface area contributed by atoms with Crippen molar-refractivity contribution in [3.05, 3.63) is 65.9 Å². The molecule has 6 heteroatoms. The van der Waals surface area contributed by atoms with E-state index >= 15 is 0 Å². The van der Waals surface area contributed by atoms with Crippen LogP contribution in [0.3, 0.4) is 0 Å². The lowest BCUT2D eigenvalue weighted by atomic mass is 9.76. The first-order valence-corrected chi connectivity index (χ1v) is 10.8. The number of aromatic nitrogens is 1. The van der Waals surface area contributed by atoms with Crippen LogP contribution in [0.15, 0.2) is 54.7 Å². The normalized spacial score (nSPS) is 12.4. The van der Waals surface area contributed by atoms with Gasteiger partial charge in [-0.25, -0.2) is 0 Å². The number of nitriles is 1. The van der Waals surface area contributed by atoms with Gasteiger partial charge in [0.2, 0.25) is 0 Å². The van der Waals surface area contributed by atoms with Crippen LogP contribution in [0.25, 0.3) is 10.9 Å². The van der Waals surface area contributed by atoms with E-state index in [4.69, 9.17) is 9.31 Å². The van der Waals surface area contributed by atoms with Crippen molar-refractivity contribution < 1.29 is 9.31 Å². The lowest BCUT2D eigenvalue weighted by molar-refractivity contribution is 0.0706. The Kier molecular flexibility index (Phi) is 7.32. The first-order valence-electron chi connectivity index (χ1n) is 10.8. The molecule has 160 valence electrons. The van der Waals surface area contributed by atoms with Gasteiger partial charge in [0.1, 0.15) is 6.07 Å². The topological polar surface area (TPSA) is 67.2 Å². The maximum absolute atomic E-state index is 9.73. The molecule has 1 N–H and O–H groups in total. The lowest BCUT2D eigenvalue weighted by Crippen LogP contribution is -2.43. The molecule has 1 atom stereocenters. The summed E-state index contributed by atoms with van der Waals surface area (Å²) in [6.07, 6.45) is 2.49. The van der Waals surface area contributed by atoms with E-state index in [1.54, 1.807) is 6.20 Å². The Labute approximate surface area is 185 Å². The highest BCUT2D eigenvalue weighted by molar-refractivity contribution is 6.61. The van der Waals surface area contributed by atoms with Crippen molar-refractivity contribution in [2.45, 2.75) is 52.7 Å². The summed E-state index contributed by atoms with van der Waals surface area (Å²) in [5, 5.41) is 14.1. The summed E-state index contributed by atoms with van der Waals surface area (Å²) in [7, 11) is -0.491. The first-order chi connectivity index (χ1) is 14.9. The molecule has 0 amide bonds. The summed E-state index contributed by atoms with van der Waals surface area (Å²) in [5.74, 6) is 0. The van der Waals surface area contributed by atoms with Crippen LogP contribution in [0, 0.1) is 11.3 Å². The quantitative estimate of drug-likeness (QED) is 0.486. The van der Waals surface area contributed by atoms with Crippen LogP contribution >= 0.6 is 0 Å². The number of anilines is 1. The highest BCUT2D eigenvalue weighted by Gasteiger charge is 2.29. The molecule has 0 aliphatic rings. The Hall–Kier alpha value is -2.88. The molecule has 3 rings (SSSR count). The predicted molar refractivity (Wildman–Crippen MR) is 127 cm³/mol. The van der Waals surface area contributed by atoms with Gasteiger partial charge in [0.05, 0.1) is 16.8 Å². The van der Waals surface area contributed by atoms with Crippen molar-refractivity contribution in [2.24, 2.45) is 0 Å². The van der Waals surface area contributed by atoms with E-state index in [-0.39, 0.29) is 11.6 Å².